The van der Waals surface area contributed by atoms with Crippen LogP contribution < -0.4 is 10.6 Å². The topological polar surface area (TPSA) is 24.1 Å². The molecule has 2 N–H and O–H groups in total. The summed E-state index contributed by atoms with van der Waals surface area (Å²) in [5.41, 5.74) is -1.06. The van der Waals surface area contributed by atoms with E-state index in [0.29, 0.717) is 12.5 Å². The Morgan fingerprint density at radius 3 is 2.53 bits per heavy atom. The minimum atomic E-state index is -4.49. The maximum atomic E-state index is 12.8. The quantitative estimate of drug-likeness (QED) is 0.814. The van der Waals surface area contributed by atoms with E-state index >= 15 is 0 Å². The van der Waals surface area contributed by atoms with Crippen LogP contribution in [-0.2, 0) is 6.18 Å². The van der Waals surface area contributed by atoms with Gasteiger partial charge in [0.15, 0.2) is 5.11 Å². The van der Waals surface area contributed by atoms with Gasteiger partial charge in [0, 0.05) is 6.54 Å². The van der Waals surface area contributed by atoms with Gasteiger partial charge in [0.05, 0.1) is 16.3 Å². The Morgan fingerprint density at radius 2 is 2.00 bits per heavy atom. The summed E-state index contributed by atoms with van der Waals surface area (Å²) in [4.78, 5) is 0. The van der Waals surface area contributed by atoms with Crippen LogP contribution in [0.4, 0.5) is 18.9 Å². The van der Waals surface area contributed by atoms with Gasteiger partial charge in [-0.2, -0.15) is 13.2 Å². The molecule has 0 amide bonds. The van der Waals surface area contributed by atoms with Crippen molar-refractivity contribution in [2.75, 3.05) is 11.9 Å². The van der Waals surface area contributed by atoms with E-state index in [9.17, 15) is 13.2 Å². The van der Waals surface area contributed by atoms with E-state index in [0.717, 1.165) is 6.07 Å². The van der Waals surface area contributed by atoms with Crippen molar-refractivity contribution >= 4 is 34.6 Å². The first-order chi connectivity index (χ1) is 8.71. The van der Waals surface area contributed by atoms with Crippen molar-refractivity contribution in [3.63, 3.8) is 0 Å². The van der Waals surface area contributed by atoms with Gasteiger partial charge in [0.25, 0.3) is 0 Å². The number of para-hydroxylation sites is 1. The van der Waals surface area contributed by atoms with Gasteiger partial charge in [-0.3, -0.25) is 0 Å². The van der Waals surface area contributed by atoms with Crippen LogP contribution in [0.5, 0.6) is 0 Å². The number of halogens is 4. The largest absolute Gasteiger partial charge is 0.418 e. The standard InChI is InChI=1S/C12H14ClF3N2S/c1-7(2)6-17-11(19)18-10-8(12(14,15)16)4-3-5-9(10)13/h3-5,7H,6H2,1-2H3,(H2,17,18,19). The minimum Gasteiger partial charge on any atom is -0.362 e. The highest BCUT2D eigenvalue weighted by molar-refractivity contribution is 7.80. The van der Waals surface area contributed by atoms with Crippen molar-refractivity contribution in [2.45, 2.75) is 20.0 Å². The van der Waals surface area contributed by atoms with Crippen LogP contribution in [0, 0.1) is 5.92 Å². The molecule has 1 aromatic rings. The average molecular weight is 311 g/mol. The molecule has 0 fully saturated rings. The Balaban J connectivity index is 2.91. The molecule has 106 valence electrons. The molecule has 0 saturated heterocycles. The SMILES string of the molecule is CC(C)CNC(=S)Nc1c(Cl)cccc1C(F)(F)F. The van der Waals surface area contributed by atoms with Gasteiger partial charge in [-0.05, 0) is 30.3 Å². The predicted octanol–water partition coefficient (Wildman–Crippen LogP) is 4.30. The second kappa shape index (κ2) is 6.43. The highest BCUT2D eigenvalue weighted by atomic mass is 35.5. The van der Waals surface area contributed by atoms with Gasteiger partial charge in [0.2, 0.25) is 0 Å². The lowest BCUT2D eigenvalue weighted by Gasteiger charge is -2.17. The molecule has 0 bridgehead atoms. The van der Waals surface area contributed by atoms with Crippen LogP contribution in [0.15, 0.2) is 18.2 Å². The number of thiocarbonyl (C=S) groups is 1. The van der Waals surface area contributed by atoms with Crippen molar-refractivity contribution < 1.29 is 13.2 Å². The van der Waals surface area contributed by atoms with Gasteiger partial charge in [-0.25, -0.2) is 0 Å². The van der Waals surface area contributed by atoms with Crippen molar-refractivity contribution in [3.8, 4) is 0 Å². The monoisotopic (exact) mass is 310 g/mol. The molecule has 0 unspecified atom stereocenters. The summed E-state index contributed by atoms with van der Waals surface area (Å²) in [7, 11) is 0. The summed E-state index contributed by atoms with van der Waals surface area (Å²) >= 11 is 10.7. The normalized spacial score (nSPS) is 11.5. The molecule has 0 aliphatic heterocycles. The molecule has 0 aliphatic carbocycles. The zero-order chi connectivity index (χ0) is 14.6. The first-order valence-corrected chi connectivity index (χ1v) is 6.41. The Kier molecular flexibility index (Phi) is 5.43. The van der Waals surface area contributed by atoms with Crippen LogP contribution in [-0.4, -0.2) is 11.7 Å². The van der Waals surface area contributed by atoms with Crippen molar-refractivity contribution in [1.82, 2.24) is 5.32 Å². The number of hydrogen-bond donors (Lipinski definition) is 2. The lowest BCUT2D eigenvalue weighted by atomic mass is 10.1. The highest BCUT2D eigenvalue weighted by Gasteiger charge is 2.34. The fraction of sp³-hybridized carbons (Fsp3) is 0.417. The summed E-state index contributed by atoms with van der Waals surface area (Å²) in [5, 5.41) is 5.43. The second-order valence-electron chi connectivity index (χ2n) is 4.39. The summed E-state index contributed by atoms with van der Waals surface area (Å²) in [6.07, 6.45) is -4.49. The Bertz CT molecular complexity index is 461. The van der Waals surface area contributed by atoms with E-state index in [4.69, 9.17) is 23.8 Å². The van der Waals surface area contributed by atoms with Gasteiger partial charge < -0.3 is 10.6 Å². The van der Waals surface area contributed by atoms with E-state index in [2.05, 4.69) is 10.6 Å². The molecule has 0 saturated carbocycles. The molecule has 0 radical (unpaired) electrons. The van der Waals surface area contributed by atoms with E-state index in [1.54, 1.807) is 0 Å². The second-order valence-corrected chi connectivity index (χ2v) is 5.20. The summed E-state index contributed by atoms with van der Waals surface area (Å²) in [6.45, 7) is 4.50. The lowest BCUT2D eigenvalue weighted by molar-refractivity contribution is -0.136. The first-order valence-electron chi connectivity index (χ1n) is 5.62. The molecule has 2 nitrogen and oxygen atoms in total. The number of benzene rings is 1. The molecule has 19 heavy (non-hydrogen) atoms. The molecule has 1 aromatic carbocycles. The number of anilines is 1. The maximum Gasteiger partial charge on any atom is 0.418 e. The summed E-state index contributed by atoms with van der Waals surface area (Å²) in [5.74, 6) is 0.327. The third kappa shape index (κ3) is 4.87. The Morgan fingerprint density at radius 1 is 1.37 bits per heavy atom. The van der Waals surface area contributed by atoms with Gasteiger partial charge in [-0.1, -0.05) is 31.5 Å². The van der Waals surface area contributed by atoms with Crippen LogP contribution in [0.1, 0.15) is 19.4 Å². The Labute approximate surface area is 120 Å². The third-order valence-corrected chi connectivity index (χ3v) is 2.79. The molecule has 0 heterocycles. The molecule has 0 spiro atoms. The summed E-state index contributed by atoms with van der Waals surface area (Å²) in [6, 6.07) is 3.59. The molecular weight excluding hydrogens is 297 g/mol. The molecule has 1 rings (SSSR count). The van der Waals surface area contributed by atoms with Crippen molar-refractivity contribution in [1.29, 1.82) is 0 Å². The maximum absolute atomic E-state index is 12.8. The number of hydrogen-bond acceptors (Lipinski definition) is 1. The van der Waals surface area contributed by atoms with Crippen LogP contribution in [0.3, 0.4) is 0 Å². The van der Waals surface area contributed by atoms with Gasteiger partial charge in [0.1, 0.15) is 0 Å². The van der Waals surface area contributed by atoms with Gasteiger partial charge >= 0.3 is 6.18 Å². The number of alkyl halides is 3. The fourth-order valence-corrected chi connectivity index (χ4v) is 1.75. The van der Waals surface area contributed by atoms with E-state index in [-0.39, 0.29) is 15.8 Å². The lowest BCUT2D eigenvalue weighted by Crippen LogP contribution is -2.32. The van der Waals surface area contributed by atoms with Crippen molar-refractivity contribution in [3.05, 3.63) is 28.8 Å². The van der Waals surface area contributed by atoms with Crippen LogP contribution in [0.2, 0.25) is 5.02 Å². The van der Waals surface area contributed by atoms with Crippen LogP contribution >= 0.6 is 23.8 Å². The molecule has 7 heteroatoms. The van der Waals surface area contributed by atoms with E-state index < -0.39 is 11.7 Å². The zero-order valence-corrected chi connectivity index (χ0v) is 12.0. The third-order valence-electron chi connectivity index (χ3n) is 2.23. The zero-order valence-electron chi connectivity index (χ0n) is 10.4. The minimum absolute atomic E-state index is 0.0245. The van der Waals surface area contributed by atoms with E-state index in [1.165, 1.54) is 12.1 Å². The summed E-state index contributed by atoms with van der Waals surface area (Å²) < 4.78 is 38.5. The highest BCUT2D eigenvalue weighted by Crippen LogP contribution is 2.38. The molecular formula is C12H14ClF3N2S. The predicted molar refractivity (Wildman–Crippen MR) is 75.5 cm³/mol. The van der Waals surface area contributed by atoms with Crippen molar-refractivity contribution in [2.24, 2.45) is 5.92 Å². The Hall–Kier alpha value is -1.01. The van der Waals surface area contributed by atoms with Gasteiger partial charge in [-0.15, -0.1) is 0 Å². The average Bonchev–Trinajstić information content (AvgIpc) is 2.27. The number of nitrogens with one attached hydrogen (secondary N) is 2. The molecule has 0 aliphatic rings. The van der Waals surface area contributed by atoms with E-state index in [1.807, 2.05) is 13.8 Å². The smallest absolute Gasteiger partial charge is 0.362 e. The molecule has 0 atom stereocenters. The molecule has 0 aromatic heterocycles. The van der Waals surface area contributed by atoms with Crippen LogP contribution in [0.25, 0.3) is 0 Å². The first kappa shape index (κ1) is 16.0. The number of rotatable bonds is 3. The fourth-order valence-electron chi connectivity index (χ4n) is 1.34.